The molecule has 0 spiro atoms. The van der Waals surface area contributed by atoms with Crippen molar-refractivity contribution in [1.82, 2.24) is 9.97 Å². The minimum absolute atomic E-state index is 0.624. The summed E-state index contributed by atoms with van der Waals surface area (Å²) in [6.07, 6.45) is 5.91. The number of aromatic amines is 1. The molecule has 0 aromatic carbocycles. The Bertz CT molecular complexity index is 207. The predicted octanol–water partition coefficient (Wildman–Crippen LogP) is 1.26. The van der Waals surface area contributed by atoms with E-state index in [9.17, 15) is 0 Å². The van der Waals surface area contributed by atoms with Gasteiger partial charge in [0.1, 0.15) is 0 Å². The molecule has 0 aliphatic rings. The number of nitrogens with one attached hydrogen (secondary N) is 1. The van der Waals surface area contributed by atoms with Crippen LogP contribution in [-0.2, 0) is 6.42 Å². The molecule has 0 fully saturated rings. The van der Waals surface area contributed by atoms with Gasteiger partial charge in [0.2, 0.25) is 0 Å². The molecular weight excluding hydrogens is 126 g/mol. The fourth-order valence-corrected chi connectivity index (χ4v) is 0.779. The van der Waals surface area contributed by atoms with Crippen molar-refractivity contribution < 1.29 is 0 Å². The SMILES string of the molecule is N#CCCCc1cnc[nH]1. The number of aryl methyl sites for hydroxylation is 1. The van der Waals surface area contributed by atoms with Crippen molar-refractivity contribution in [2.75, 3.05) is 0 Å². The summed E-state index contributed by atoms with van der Waals surface area (Å²) in [7, 11) is 0. The maximum Gasteiger partial charge on any atom is 0.0921 e. The Labute approximate surface area is 59.7 Å². The molecule has 1 rings (SSSR count). The first-order chi connectivity index (χ1) is 4.93. The van der Waals surface area contributed by atoms with E-state index in [4.69, 9.17) is 5.26 Å². The van der Waals surface area contributed by atoms with Crippen LogP contribution >= 0.6 is 0 Å². The summed E-state index contributed by atoms with van der Waals surface area (Å²) < 4.78 is 0. The van der Waals surface area contributed by atoms with Crippen LogP contribution in [0.3, 0.4) is 0 Å². The second-order valence-corrected chi connectivity index (χ2v) is 2.09. The van der Waals surface area contributed by atoms with Crippen molar-refractivity contribution >= 4 is 0 Å². The summed E-state index contributed by atoms with van der Waals surface area (Å²) in [6.45, 7) is 0. The number of nitrogens with zero attached hydrogens (tertiary/aromatic N) is 2. The van der Waals surface area contributed by atoms with E-state index in [-0.39, 0.29) is 0 Å². The van der Waals surface area contributed by atoms with Gasteiger partial charge in [0, 0.05) is 18.3 Å². The first kappa shape index (κ1) is 6.81. The fourth-order valence-electron chi connectivity index (χ4n) is 0.779. The van der Waals surface area contributed by atoms with E-state index in [2.05, 4.69) is 16.0 Å². The van der Waals surface area contributed by atoms with E-state index < -0.39 is 0 Å². The van der Waals surface area contributed by atoms with Crippen LogP contribution in [0, 0.1) is 11.3 Å². The summed E-state index contributed by atoms with van der Waals surface area (Å²) in [5.74, 6) is 0. The van der Waals surface area contributed by atoms with E-state index in [1.165, 1.54) is 0 Å². The van der Waals surface area contributed by atoms with Crippen molar-refractivity contribution in [2.45, 2.75) is 19.3 Å². The molecule has 1 N–H and O–H groups in total. The molecule has 0 saturated carbocycles. The largest absolute Gasteiger partial charge is 0.348 e. The molecule has 0 radical (unpaired) electrons. The molecule has 3 nitrogen and oxygen atoms in total. The number of imidazole rings is 1. The van der Waals surface area contributed by atoms with Gasteiger partial charge < -0.3 is 4.98 Å². The second-order valence-electron chi connectivity index (χ2n) is 2.09. The minimum atomic E-state index is 0.624. The maximum absolute atomic E-state index is 8.22. The van der Waals surface area contributed by atoms with Crippen molar-refractivity contribution in [3.63, 3.8) is 0 Å². The number of H-pyrrole nitrogens is 1. The van der Waals surface area contributed by atoms with Gasteiger partial charge in [0.15, 0.2) is 0 Å². The van der Waals surface area contributed by atoms with Crippen LogP contribution in [0.5, 0.6) is 0 Å². The zero-order chi connectivity index (χ0) is 7.23. The minimum Gasteiger partial charge on any atom is -0.348 e. The van der Waals surface area contributed by atoms with E-state index >= 15 is 0 Å². The van der Waals surface area contributed by atoms with Crippen molar-refractivity contribution in [3.05, 3.63) is 18.2 Å². The highest BCUT2D eigenvalue weighted by atomic mass is 14.9. The van der Waals surface area contributed by atoms with Crippen LogP contribution in [0.25, 0.3) is 0 Å². The summed E-state index contributed by atoms with van der Waals surface area (Å²) in [5, 5.41) is 8.22. The van der Waals surface area contributed by atoms with Gasteiger partial charge in [-0.2, -0.15) is 5.26 Å². The number of aromatic nitrogens is 2. The Balaban J connectivity index is 2.23. The Kier molecular flexibility index (Phi) is 2.50. The van der Waals surface area contributed by atoms with Gasteiger partial charge in [-0.25, -0.2) is 4.98 Å². The number of unbranched alkanes of at least 4 members (excludes halogenated alkanes) is 1. The molecule has 1 aromatic heterocycles. The third-order valence-corrected chi connectivity index (χ3v) is 1.29. The third kappa shape index (κ3) is 1.90. The number of hydrogen-bond acceptors (Lipinski definition) is 2. The number of nitriles is 1. The summed E-state index contributed by atoms with van der Waals surface area (Å²) in [6, 6.07) is 2.10. The Morgan fingerprint density at radius 1 is 1.70 bits per heavy atom. The Morgan fingerprint density at radius 2 is 2.60 bits per heavy atom. The first-order valence-electron chi connectivity index (χ1n) is 3.27. The molecule has 0 bridgehead atoms. The highest BCUT2D eigenvalue weighted by Crippen LogP contribution is 1.98. The van der Waals surface area contributed by atoms with Crippen LogP contribution in [0.4, 0.5) is 0 Å². The van der Waals surface area contributed by atoms with E-state index in [0.29, 0.717) is 6.42 Å². The van der Waals surface area contributed by atoms with Crippen LogP contribution in [0.15, 0.2) is 12.5 Å². The van der Waals surface area contributed by atoms with Gasteiger partial charge in [0.25, 0.3) is 0 Å². The lowest BCUT2D eigenvalue weighted by molar-refractivity contribution is 0.830. The highest BCUT2D eigenvalue weighted by molar-refractivity contribution is 4.94. The lowest BCUT2D eigenvalue weighted by Crippen LogP contribution is -1.82. The molecule has 0 aliphatic carbocycles. The molecule has 0 unspecified atom stereocenters. The summed E-state index contributed by atoms with van der Waals surface area (Å²) in [4.78, 5) is 6.84. The van der Waals surface area contributed by atoms with Gasteiger partial charge in [-0.3, -0.25) is 0 Å². The zero-order valence-electron chi connectivity index (χ0n) is 5.67. The smallest absolute Gasteiger partial charge is 0.0921 e. The van der Waals surface area contributed by atoms with E-state index in [1.54, 1.807) is 12.5 Å². The van der Waals surface area contributed by atoms with Gasteiger partial charge in [-0.1, -0.05) is 0 Å². The van der Waals surface area contributed by atoms with Gasteiger partial charge >= 0.3 is 0 Å². The molecular formula is C7H9N3. The van der Waals surface area contributed by atoms with Crippen molar-refractivity contribution in [1.29, 1.82) is 5.26 Å². The normalized spacial score (nSPS) is 9.10. The predicted molar refractivity (Wildman–Crippen MR) is 37.1 cm³/mol. The summed E-state index contributed by atoms with van der Waals surface area (Å²) >= 11 is 0. The molecule has 0 saturated heterocycles. The molecule has 52 valence electrons. The monoisotopic (exact) mass is 135 g/mol. The van der Waals surface area contributed by atoms with Gasteiger partial charge in [-0.15, -0.1) is 0 Å². The molecule has 0 amide bonds. The molecule has 3 heteroatoms. The Hall–Kier alpha value is -1.30. The first-order valence-corrected chi connectivity index (χ1v) is 3.27. The second kappa shape index (κ2) is 3.67. The molecule has 0 atom stereocenters. The zero-order valence-corrected chi connectivity index (χ0v) is 5.67. The highest BCUT2D eigenvalue weighted by Gasteiger charge is 1.91. The molecule has 0 aliphatic heterocycles. The average molecular weight is 135 g/mol. The standard InChI is InChI=1S/C7H9N3/c8-4-2-1-3-7-5-9-6-10-7/h5-6H,1-3H2,(H,9,10). The van der Waals surface area contributed by atoms with Crippen LogP contribution in [0.2, 0.25) is 0 Å². The molecule has 1 heterocycles. The lowest BCUT2D eigenvalue weighted by Gasteiger charge is -1.89. The van der Waals surface area contributed by atoms with E-state index in [1.807, 2.05) is 0 Å². The fraction of sp³-hybridized carbons (Fsp3) is 0.429. The van der Waals surface area contributed by atoms with Crippen molar-refractivity contribution in [3.8, 4) is 6.07 Å². The quantitative estimate of drug-likeness (QED) is 0.634. The molecule has 1 aromatic rings. The molecule has 10 heavy (non-hydrogen) atoms. The van der Waals surface area contributed by atoms with Gasteiger partial charge in [-0.05, 0) is 12.8 Å². The lowest BCUT2D eigenvalue weighted by atomic mass is 10.2. The maximum atomic E-state index is 8.22. The average Bonchev–Trinajstić information content (AvgIpc) is 2.41. The summed E-state index contributed by atoms with van der Waals surface area (Å²) in [5.41, 5.74) is 1.11. The van der Waals surface area contributed by atoms with E-state index in [0.717, 1.165) is 18.5 Å². The van der Waals surface area contributed by atoms with Crippen LogP contribution in [-0.4, -0.2) is 9.97 Å². The van der Waals surface area contributed by atoms with Gasteiger partial charge in [0.05, 0.1) is 12.4 Å². The van der Waals surface area contributed by atoms with Crippen LogP contribution < -0.4 is 0 Å². The van der Waals surface area contributed by atoms with Crippen LogP contribution in [0.1, 0.15) is 18.5 Å². The Morgan fingerprint density at radius 3 is 3.20 bits per heavy atom. The number of rotatable bonds is 3. The topological polar surface area (TPSA) is 52.5 Å². The van der Waals surface area contributed by atoms with Crippen molar-refractivity contribution in [2.24, 2.45) is 0 Å². The number of hydrogen-bond donors (Lipinski definition) is 1. The third-order valence-electron chi connectivity index (χ3n) is 1.29.